The number of nitrogens with one attached hydrogen (secondary N) is 1. The highest BCUT2D eigenvalue weighted by Crippen LogP contribution is 2.33. The minimum atomic E-state index is -0.688. The zero-order chi connectivity index (χ0) is 19.0. The second-order valence-electron chi connectivity index (χ2n) is 8.43. The topological polar surface area (TPSA) is 12.0 Å². The van der Waals surface area contributed by atoms with Crippen molar-refractivity contribution in [2.24, 2.45) is 0 Å². The van der Waals surface area contributed by atoms with E-state index in [0.717, 1.165) is 6.54 Å². The summed E-state index contributed by atoms with van der Waals surface area (Å²) in [7, 11) is -0.688. The molecule has 1 nitrogen and oxygen atoms in total. The molecule has 0 fully saturated rings. The van der Waals surface area contributed by atoms with Crippen LogP contribution in [0, 0.1) is 0 Å². The van der Waals surface area contributed by atoms with Crippen molar-refractivity contribution >= 4 is 14.0 Å². The molecule has 2 unspecified atom stereocenters. The molecule has 0 saturated carbocycles. The fourth-order valence-corrected chi connectivity index (χ4v) is 6.21. The molecule has 0 heterocycles. The molecule has 2 heteroatoms. The summed E-state index contributed by atoms with van der Waals surface area (Å²) in [6.07, 6.45) is 10.7. The average Bonchev–Trinajstić information content (AvgIpc) is 2.84. The molecule has 2 atom stereocenters. The molecule has 0 aliphatic heterocycles. The van der Waals surface area contributed by atoms with Gasteiger partial charge in [0.05, 0.1) is 14.3 Å². The van der Waals surface area contributed by atoms with Gasteiger partial charge in [0.25, 0.3) is 0 Å². The second kappa shape index (κ2) is 10.3. The van der Waals surface area contributed by atoms with Gasteiger partial charge in [0, 0.05) is 0 Å². The molecule has 2 rings (SSSR count). The lowest BCUT2D eigenvalue weighted by molar-refractivity contribution is 0.479. The summed E-state index contributed by atoms with van der Waals surface area (Å²) >= 11 is 0. The fourth-order valence-electron chi connectivity index (χ4n) is 4.10. The van der Waals surface area contributed by atoms with Crippen LogP contribution in [-0.4, -0.2) is 20.9 Å². The Hall–Kier alpha value is -1.12. The number of rotatable bonds is 11. The van der Waals surface area contributed by atoms with Crippen LogP contribution in [0.5, 0.6) is 0 Å². The summed E-state index contributed by atoms with van der Waals surface area (Å²) in [5, 5.41) is 5.40. The van der Waals surface area contributed by atoms with Crippen LogP contribution in [0.3, 0.4) is 0 Å². The Bertz CT molecular complexity index is 616. The summed E-state index contributed by atoms with van der Waals surface area (Å²) in [5.74, 6) is 0. The summed E-state index contributed by atoms with van der Waals surface area (Å²) in [6, 6.07) is 12.6. The van der Waals surface area contributed by atoms with Gasteiger partial charge in [-0.15, -0.1) is 0 Å². The zero-order valence-corrected chi connectivity index (χ0v) is 18.9. The third-order valence-electron chi connectivity index (χ3n) is 6.36. The molecule has 1 aromatic carbocycles. The fraction of sp³-hybridized carbons (Fsp3) is 0.583. The Kier molecular flexibility index (Phi) is 8.37. The largest absolute Gasteiger partial charge is 0.305 e. The van der Waals surface area contributed by atoms with Crippen molar-refractivity contribution in [1.82, 2.24) is 5.32 Å². The first kappa shape index (κ1) is 21.2. The van der Waals surface area contributed by atoms with E-state index in [1.54, 1.807) is 5.19 Å². The third kappa shape index (κ3) is 5.96. The van der Waals surface area contributed by atoms with Crippen LogP contribution < -0.4 is 10.5 Å². The number of benzene rings is 1. The van der Waals surface area contributed by atoms with Gasteiger partial charge in [-0.3, -0.25) is 0 Å². The van der Waals surface area contributed by atoms with Crippen LogP contribution in [0.1, 0.15) is 66.2 Å². The van der Waals surface area contributed by atoms with Crippen LogP contribution in [0.4, 0.5) is 0 Å². The van der Waals surface area contributed by atoms with Crippen LogP contribution in [0.15, 0.2) is 53.1 Å². The first-order chi connectivity index (χ1) is 12.4. The van der Waals surface area contributed by atoms with E-state index < -0.39 is 8.80 Å². The number of hydrogen-bond donors (Lipinski definition) is 1. The Balaban J connectivity index is 1.50. The summed E-state index contributed by atoms with van der Waals surface area (Å²) < 4.78 is 0. The second-order valence-corrected chi connectivity index (χ2v) is 11.5. The molecule has 0 amide bonds. The van der Waals surface area contributed by atoms with Gasteiger partial charge in [0.2, 0.25) is 0 Å². The van der Waals surface area contributed by atoms with Crippen molar-refractivity contribution in [1.29, 1.82) is 0 Å². The first-order valence-electron chi connectivity index (χ1n) is 10.6. The van der Waals surface area contributed by atoms with E-state index in [1.807, 2.05) is 0 Å². The molecule has 0 spiro atoms. The van der Waals surface area contributed by atoms with E-state index in [9.17, 15) is 0 Å². The average molecular weight is 370 g/mol. The zero-order valence-electron chi connectivity index (χ0n) is 17.7. The normalized spacial score (nSPS) is 21.2. The highest BCUT2D eigenvalue weighted by atomic mass is 28.3. The summed E-state index contributed by atoms with van der Waals surface area (Å²) in [5.41, 5.74) is 4.48. The lowest BCUT2D eigenvalue weighted by Crippen LogP contribution is -2.41. The molecule has 26 heavy (non-hydrogen) atoms. The maximum absolute atomic E-state index is 3.78. The van der Waals surface area contributed by atoms with E-state index in [4.69, 9.17) is 0 Å². The minimum absolute atomic E-state index is 0.0897. The Morgan fingerprint density at radius 3 is 2.12 bits per heavy atom. The van der Waals surface area contributed by atoms with Gasteiger partial charge in [-0.05, 0) is 51.8 Å². The molecule has 0 bridgehead atoms. The predicted molar refractivity (Wildman–Crippen MR) is 120 cm³/mol. The SMILES string of the molecule is CC1=CC(C)(NCCCCCCCC[SiH](C)c2ccccc2)C(C)=C1C. The highest BCUT2D eigenvalue weighted by Gasteiger charge is 2.29. The third-order valence-corrected chi connectivity index (χ3v) is 9.16. The summed E-state index contributed by atoms with van der Waals surface area (Å²) in [4.78, 5) is 0. The highest BCUT2D eigenvalue weighted by molar-refractivity contribution is 6.71. The molecule has 0 radical (unpaired) electrons. The molecule has 1 N–H and O–H groups in total. The first-order valence-corrected chi connectivity index (χ1v) is 13.2. The van der Waals surface area contributed by atoms with Gasteiger partial charge >= 0.3 is 0 Å². The Morgan fingerprint density at radius 1 is 0.885 bits per heavy atom. The van der Waals surface area contributed by atoms with E-state index in [2.05, 4.69) is 76.0 Å². The van der Waals surface area contributed by atoms with Gasteiger partial charge in [0.15, 0.2) is 0 Å². The number of hydrogen-bond acceptors (Lipinski definition) is 1. The van der Waals surface area contributed by atoms with Gasteiger partial charge in [-0.1, -0.05) is 91.9 Å². The van der Waals surface area contributed by atoms with E-state index >= 15 is 0 Å². The molecule has 1 aliphatic rings. The Labute approximate surface area is 163 Å². The molecule has 0 saturated heterocycles. The standard InChI is InChI=1S/C24H39NSi/c1-20-19-24(4,22(3)21(20)2)25-17-13-8-6-7-9-14-18-26(5)23-15-11-10-12-16-23/h10-12,15-16,19,25-26H,6-9,13-14,17-18H2,1-5H3. The van der Waals surface area contributed by atoms with Crippen LogP contribution in [0.2, 0.25) is 12.6 Å². The minimum Gasteiger partial charge on any atom is -0.305 e. The van der Waals surface area contributed by atoms with Crippen LogP contribution in [-0.2, 0) is 0 Å². The van der Waals surface area contributed by atoms with Crippen LogP contribution >= 0.6 is 0 Å². The smallest absolute Gasteiger partial charge is 0.0677 e. The van der Waals surface area contributed by atoms with Crippen molar-refractivity contribution in [2.45, 2.75) is 84.3 Å². The van der Waals surface area contributed by atoms with E-state index in [0.29, 0.717) is 0 Å². The Morgan fingerprint density at radius 2 is 1.50 bits per heavy atom. The van der Waals surface area contributed by atoms with Crippen molar-refractivity contribution in [3.05, 3.63) is 53.1 Å². The molecule has 1 aromatic rings. The predicted octanol–water partition coefficient (Wildman–Crippen LogP) is 5.74. The molecular weight excluding hydrogens is 330 g/mol. The van der Waals surface area contributed by atoms with E-state index in [-0.39, 0.29) is 5.54 Å². The van der Waals surface area contributed by atoms with Gasteiger partial charge < -0.3 is 5.32 Å². The molecule has 144 valence electrons. The number of unbranched alkanes of at least 4 members (excludes halogenated alkanes) is 5. The lowest BCUT2D eigenvalue weighted by Gasteiger charge is -2.26. The van der Waals surface area contributed by atoms with Crippen molar-refractivity contribution in [2.75, 3.05) is 6.54 Å². The van der Waals surface area contributed by atoms with Crippen molar-refractivity contribution < 1.29 is 0 Å². The molecular formula is C24H39NSi. The molecule has 1 aliphatic carbocycles. The maximum atomic E-state index is 3.78. The van der Waals surface area contributed by atoms with Crippen LogP contribution in [0.25, 0.3) is 0 Å². The summed E-state index contributed by atoms with van der Waals surface area (Å²) in [6.45, 7) is 12.7. The molecule has 0 aromatic heterocycles. The van der Waals surface area contributed by atoms with Crippen molar-refractivity contribution in [3.8, 4) is 0 Å². The number of allylic oxidation sites excluding steroid dienone is 2. The van der Waals surface area contributed by atoms with Gasteiger partial charge in [-0.25, -0.2) is 0 Å². The van der Waals surface area contributed by atoms with Crippen molar-refractivity contribution in [3.63, 3.8) is 0 Å². The monoisotopic (exact) mass is 369 g/mol. The maximum Gasteiger partial charge on any atom is 0.0677 e. The lowest BCUT2D eigenvalue weighted by atomic mass is 9.95. The van der Waals surface area contributed by atoms with E-state index in [1.165, 1.54) is 61.3 Å². The van der Waals surface area contributed by atoms with Gasteiger partial charge in [-0.2, -0.15) is 0 Å². The quantitative estimate of drug-likeness (QED) is 0.387. The van der Waals surface area contributed by atoms with Gasteiger partial charge in [0.1, 0.15) is 0 Å².